The Labute approximate surface area is 269 Å². The molecule has 0 amide bonds. The zero-order valence-corrected chi connectivity index (χ0v) is 27.3. The van der Waals surface area contributed by atoms with Gasteiger partial charge >= 0.3 is 0 Å². The number of Topliss-reactive ketones (excluding diaryl/α,β-unsaturated/α-hetero) is 1. The number of benzene rings is 3. The van der Waals surface area contributed by atoms with Gasteiger partial charge in [-0.15, -0.1) is 11.3 Å². The van der Waals surface area contributed by atoms with E-state index < -0.39 is 5.41 Å². The molecule has 5 rings (SSSR count). The summed E-state index contributed by atoms with van der Waals surface area (Å²) in [4.78, 5) is 27.7. The highest BCUT2D eigenvalue weighted by molar-refractivity contribution is 7.07. The Balaban J connectivity index is 1.87. The maximum atomic E-state index is 14.3. The van der Waals surface area contributed by atoms with Crippen LogP contribution < -0.4 is 24.2 Å². The van der Waals surface area contributed by atoms with Gasteiger partial charge < -0.3 is 9.47 Å². The molecule has 2 heterocycles. The number of thiazole rings is 1. The Kier molecular flexibility index (Phi) is 8.82. The van der Waals surface area contributed by atoms with Crippen LogP contribution in [0, 0.1) is 23.7 Å². The van der Waals surface area contributed by atoms with Crippen molar-refractivity contribution in [2.24, 2.45) is 5.41 Å². The molecule has 228 valence electrons. The van der Waals surface area contributed by atoms with E-state index in [-0.39, 0.29) is 21.6 Å². The lowest BCUT2D eigenvalue weighted by molar-refractivity contribution is -0.120. The molecule has 0 radical (unpaired) electrons. The second-order valence-corrected chi connectivity index (χ2v) is 12.7. The number of ketones is 1. The Morgan fingerprint density at radius 3 is 2.38 bits per heavy atom. The summed E-state index contributed by atoms with van der Waals surface area (Å²) < 4.78 is 14.7. The molecule has 0 spiro atoms. The van der Waals surface area contributed by atoms with E-state index in [0.717, 1.165) is 22.6 Å². The van der Waals surface area contributed by atoms with Crippen LogP contribution in [-0.4, -0.2) is 34.4 Å². The first-order chi connectivity index (χ1) is 21.5. The molecule has 45 heavy (non-hydrogen) atoms. The first-order valence-electron chi connectivity index (χ1n) is 14.0. The summed E-state index contributed by atoms with van der Waals surface area (Å²) in [7, 11) is 3.13. The van der Waals surface area contributed by atoms with Crippen molar-refractivity contribution in [1.29, 1.82) is 5.26 Å². The molecule has 0 unspecified atom stereocenters. The number of methoxy groups -OCH3 is 2. The van der Waals surface area contributed by atoms with Gasteiger partial charge in [-0.1, -0.05) is 56.6 Å². The molecule has 0 fully saturated rings. The molecule has 8 nitrogen and oxygen atoms in total. The van der Waals surface area contributed by atoms with Crippen molar-refractivity contribution in [2.45, 2.75) is 27.7 Å². The van der Waals surface area contributed by atoms with Crippen LogP contribution in [0.25, 0.3) is 34.3 Å². The van der Waals surface area contributed by atoms with Crippen molar-refractivity contribution < 1.29 is 14.3 Å². The monoisotopic (exact) mass is 638 g/mol. The fourth-order valence-corrected chi connectivity index (χ4v) is 6.09. The van der Waals surface area contributed by atoms with Gasteiger partial charge in [-0.3, -0.25) is 14.2 Å². The number of hydrogen-bond donors (Lipinski definition) is 0. The number of hydrogen-bond acceptors (Lipinski definition) is 7. The molecule has 0 saturated carbocycles. The van der Waals surface area contributed by atoms with E-state index in [1.165, 1.54) is 4.57 Å². The second kappa shape index (κ2) is 12.6. The molecule has 0 saturated heterocycles. The lowest BCUT2D eigenvalue weighted by Gasteiger charge is -2.15. The normalized spacial score (nSPS) is 12.5. The van der Waals surface area contributed by atoms with E-state index >= 15 is 0 Å². The molecule has 0 aliphatic carbocycles. The van der Waals surface area contributed by atoms with E-state index in [2.05, 4.69) is 6.07 Å². The van der Waals surface area contributed by atoms with Crippen LogP contribution in [-0.2, 0) is 4.79 Å². The van der Waals surface area contributed by atoms with Gasteiger partial charge in [0.25, 0.3) is 5.56 Å². The van der Waals surface area contributed by atoms with Crippen LogP contribution in [0.3, 0.4) is 0 Å². The summed E-state index contributed by atoms with van der Waals surface area (Å²) in [5.41, 5.74) is 2.62. The number of rotatable bonds is 7. The number of para-hydroxylation sites is 1. The summed E-state index contributed by atoms with van der Waals surface area (Å²) in [5.74, 6) is 0.732. The van der Waals surface area contributed by atoms with Gasteiger partial charge in [0, 0.05) is 27.8 Å². The third-order valence-corrected chi connectivity index (χ3v) is 8.75. The number of carbonyl (C=O) groups excluding carboxylic acids is 1. The number of nitrogens with zero attached hydrogens (tertiary/aromatic N) is 4. The highest BCUT2D eigenvalue weighted by atomic mass is 35.5. The first kappa shape index (κ1) is 31.5. The highest BCUT2D eigenvalue weighted by Crippen LogP contribution is 2.33. The Morgan fingerprint density at radius 1 is 1.02 bits per heavy atom. The third kappa shape index (κ3) is 6.07. The predicted octanol–water partition coefficient (Wildman–Crippen LogP) is 5.85. The molecule has 0 aliphatic rings. The minimum Gasteiger partial charge on any atom is -0.493 e. The summed E-state index contributed by atoms with van der Waals surface area (Å²) in [5, 5.41) is 15.6. The third-order valence-electron chi connectivity index (χ3n) is 7.24. The molecule has 2 aromatic heterocycles. The van der Waals surface area contributed by atoms with Crippen LogP contribution in [0.1, 0.15) is 31.9 Å². The van der Waals surface area contributed by atoms with Crippen molar-refractivity contribution in [1.82, 2.24) is 14.3 Å². The number of halogens is 1. The number of aromatic nitrogens is 3. The Hall–Kier alpha value is -4.91. The van der Waals surface area contributed by atoms with Crippen LogP contribution in [0.15, 0.2) is 77.7 Å². The topological polar surface area (TPSA) is 99.1 Å². The van der Waals surface area contributed by atoms with Crippen molar-refractivity contribution >= 4 is 40.4 Å². The van der Waals surface area contributed by atoms with Crippen LogP contribution in [0.5, 0.6) is 11.5 Å². The summed E-state index contributed by atoms with van der Waals surface area (Å²) in [6, 6.07) is 22.4. The number of nitriles is 1. The summed E-state index contributed by atoms with van der Waals surface area (Å²) in [6.07, 6.45) is 3.58. The molecule has 10 heteroatoms. The van der Waals surface area contributed by atoms with Gasteiger partial charge in [0.15, 0.2) is 17.3 Å². The van der Waals surface area contributed by atoms with Crippen molar-refractivity contribution in [2.75, 3.05) is 14.2 Å². The van der Waals surface area contributed by atoms with E-state index in [9.17, 15) is 14.9 Å². The molecule has 0 bridgehead atoms. The zero-order chi connectivity index (χ0) is 32.5. The van der Waals surface area contributed by atoms with Crippen LogP contribution in [0.2, 0.25) is 5.02 Å². The maximum absolute atomic E-state index is 14.3. The summed E-state index contributed by atoms with van der Waals surface area (Å²) >= 11 is 7.54. The highest BCUT2D eigenvalue weighted by Gasteiger charge is 2.28. The lowest BCUT2D eigenvalue weighted by Crippen LogP contribution is -2.33. The molecule has 0 aliphatic heterocycles. The van der Waals surface area contributed by atoms with Gasteiger partial charge in [-0.2, -0.15) is 10.4 Å². The smallest absolute Gasteiger partial charge is 0.273 e. The van der Waals surface area contributed by atoms with Crippen LogP contribution >= 0.6 is 22.9 Å². The molecule has 0 N–H and O–H groups in total. The number of carbonyl (C=O) groups is 1. The Bertz CT molecular complexity index is 2150. The van der Waals surface area contributed by atoms with E-state index in [1.54, 1.807) is 76.9 Å². The van der Waals surface area contributed by atoms with Crippen molar-refractivity contribution in [3.8, 4) is 40.2 Å². The second-order valence-electron chi connectivity index (χ2n) is 11.3. The molecule has 5 aromatic rings. The van der Waals surface area contributed by atoms with Gasteiger partial charge in [0.2, 0.25) is 0 Å². The van der Waals surface area contributed by atoms with E-state index in [0.29, 0.717) is 43.6 Å². The van der Waals surface area contributed by atoms with E-state index in [4.69, 9.17) is 26.2 Å². The SMILES string of the molecule is COc1ccc(-c2nn(-c3ccccc3)cc2/C=c2\s/c(=C(/C#N)C(=O)C(C)(C)C)n(-c3cccc(Cl)c3C)c2=O)cc1OC. The average molecular weight is 639 g/mol. The van der Waals surface area contributed by atoms with Crippen molar-refractivity contribution in [3.63, 3.8) is 0 Å². The van der Waals surface area contributed by atoms with Gasteiger partial charge in [-0.25, -0.2) is 4.68 Å². The molecular formula is C35H31ClN4O4S. The maximum Gasteiger partial charge on any atom is 0.273 e. The van der Waals surface area contributed by atoms with Gasteiger partial charge in [-0.05, 0) is 61.0 Å². The fraction of sp³-hybridized carbons (Fsp3) is 0.200. The largest absolute Gasteiger partial charge is 0.493 e. The predicted molar refractivity (Wildman–Crippen MR) is 178 cm³/mol. The molecular weight excluding hydrogens is 608 g/mol. The summed E-state index contributed by atoms with van der Waals surface area (Å²) in [6.45, 7) is 7.03. The minimum atomic E-state index is -0.847. The Morgan fingerprint density at radius 2 is 1.73 bits per heavy atom. The van der Waals surface area contributed by atoms with Crippen molar-refractivity contribution in [3.05, 3.63) is 109 Å². The van der Waals surface area contributed by atoms with Gasteiger partial charge in [0.05, 0.1) is 30.1 Å². The minimum absolute atomic E-state index is 0.0938. The lowest BCUT2D eigenvalue weighted by atomic mass is 9.87. The molecule has 3 aromatic carbocycles. The van der Waals surface area contributed by atoms with Crippen LogP contribution in [0.4, 0.5) is 0 Å². The zero-order valence-electron chi connectivity index (χ0n) is 25.7. The first-order valence-corrected chi connectivity index (χ1v) is 15.2. The quantitative estimate of drug-likeness (QED) is 0.222. The number of ether oxygens (including phenoxy) is 2. The van der Waals surface area contributed by atoms with Gasteiger partial charge in [0.1, 0.15) is 22.0 Å². The van der Waals surface area contributed by atoms with E-state index in [1.807, 2.05) is 48.7 Å². The fourth-order valence-electron chi connectivity index (χ4n) is 4.83. The standard InChI is InChI=1S/C35H31ClN4O4S/c1-21-26(36)13-10-14-27(21)40-33(42)30(45-34(40)25(19-37)32(41)35(2,3)4)18-23-20-39(24-11-8-7-9-12-24)38-31(23)22-15-16-28(43-5)29(17-22)44-6/h7-18,20H,1-6H3/b30-18-,34-25-. The molecule has 0 atom stereocenters. The average Bonchev–Trinajstić information content (AvgIpc) is 3.59.